The number of allylic oxidation sites excluding steroid dienone is 13. The van der Waals surface area contributed by atoms with Crippen molar-refractivity contribution in [1.82, 2.24) is 0 Å². The highest BCUT2D eigenvalue weighted by atomic mass is 14.4. The summed E-state index contributed by atoms with van der Waals surface area (Å²) in [6, 6.07) is 36.7. The van der Waals surface area contributed by atoms with Crippen LogP contribution in [0.15, 0.2) is 162 Å². The normalized spacial score (nSPS) is 18.3. The average molecular weight is 879 g/mol. The molecule has 0 spiro atoms. The van der Waals surface area contributed by atoms with E-state index in [-0.39, 0.29) is 5.41 Å². The minimum Gasteiger partial charge on any atom is -0.0943 e. The Balaban J connectivity index is 0.000000205. The second kappa shape index (κ2) is 21.2. The van der Waals surface area contributed by atoms with Crippen molar-refractivity contribution < 1.29 is 0 Å². The van der Waals surface area contributed by atoms with Crippen molar-refractivity contribution in [3.63, 3.8) is 0 Å². The highest BCUT2D eigenvalue weighted by Gasteiger charge is 2.40. The molecule has 4 aliphatic carbocycles. The van der Waals surface area contributed by atoms with Crippen LogP contribution in [0, 0.1) is 38.5 Å². The Morgan fingerprint density at radius 3 is 2.27 bits per heavy atom. The van der Waals surface area contributed by atoms with Gasteiger partial charge in [-0.25, -0.2) is 0 Å². The van der Waals surface area contributed by atoms with Gasteiger partial charge in [0.05, 0.1) is 0 Å². The van der Waals surface area contributed by atoms with Crippen LogP contribution in [0.3, 0.4) is 0 Å². The van der Waals surface area contributed by atoms with Crippen LogP contribution in [0.4, 0.5) is 0 Å². The lowest BCUT2D eigenvalue weighted by atomic mass is 9.70. The number of benzene rings is 5. The molecule has 5 aromatic carbocycles. The summed E-state index contributed by atoms with van der Waals surface area (Å²) in [4.78, 5) is 0. The fourth-order valence-electron chi connectivity index (χ4n) is 10.8. The van der Waals surface area contributed by atoms with Crippen LogP contribution in [0.25, 0.3) is 39.5 Å². The van der Waals surface area contributed by atoms with Crippen molar-refractivity contribution in [2.45, 2.75) is 133 Å². The lowest BCUT2D eigenvalue weighted by molar-refractivity contribution is 0.614. The van der Waals surface area contributed by atoms with Gasteiger partial charge in [0.15, 0.2) is 0 Å². The summed E-state index contributed by atoms with van der Waals surface area (Å²) in [7, 11) is 0. The number of aryl methyl sites for hydroxylation is 3. The third-order valence-corrected chi connectivity index (χ3v) is 14.9. The summed E-state index contributed by atoms with van der Waals surface area (Å²) in [5.41, 5.74) is 28.0. The SMILES string of the molecule is CC.C\C=C(/C=C\C(C)=C\c1cc(C2=C(C(C)CC)C(c3ccccc3C)=CCC2)ccc1C)C1=CC#CCC=C1.Cc1ccc2c(c1)C(C)(C)c1ccc3c(c1-2)C(C)C(C)c1ccccc1-3. The van der Waals surface area contributed by atoms with Gasteiger partial charge in [-0.1, -0.05) is 212 Å². The van der Waals surface area contributed by atoms with E-state index in [0.29, 0.717) is 17.8 Å². The largest absolute Gasteiger partial charge is 0.0943 e. The minimum atomic E-state index is 0.0750. The van der Waals surface area contributed by atoms with E-state index in [1.54, 1.807) is 5.56 Å². The minimum absolute atomic E-state index is 0.0750. The van der Waals surface area contributed by atoms with E-state index in [9.17, 15) is 0 Å². The molecule has 342 valence electrons. The van der Waals surface area contributed by atoms with Gasteiger partial charge >= 0.3 is 0 Å². The summed E-state index contributed by atoms with van der Waals surface area (Å²) >= 11 is 0. The van der Waals surface area contributed by atoms with Gasteiger partial charge in [-0.15, -0.1) is 0 Å². The van der Waals surface area contributed by atoms with E-state index in [1.165, 1.54) is 106 Å². The molecule has 0 nitrogen and oxygen atoms in total. The van der Waals surface area contributed by atoms with E-state index in [4.69, 9.17) is 0 Å². The molecule has 0 aliphatic heterocycles. The Hall–Kier alpha value is -6.16. The first-order valence-electron chi connectivity index (χ1n) is 25.2. The summed E-state index contributed by atoms with van der Waals surface area (Å²) in [5, 5.41) is 0. The van der Waals surface area contributed by atoms with Gasteiger partial charge in [0.25, 0.3) is 0 Å². The molecular formula is C67H74. The summed E-state index contributed by atoms with van der Waals surface area (Å²) in [6.07, 6.45) is 21.8. The van der Waals surface area contributed by atoms with Gasteiger partial charge in [0.2, 0.25) is 0 Å². The van der Waals surface area contributed by atoms with Gasteiger partial charge in [-0.05, 0) is 184 Å². The average Bonchev–Trinajstić information content (AvgIpc) is 3.49. The van der Waals surface area contributed by atoms with Gasteiger partial charge in [-0.3, -0.25) is 0 Å². The van der Waals surface area contributed by atoms with Crippen molar-refractivity contribution >= 4 is 17.2 Å². The summed E-state index contributed by atoms with van der Waals surface area (Å²) < 4.78 is 0. The Morgan fingerprint density at radius 1 is 0.791 bits per heavy atom. The number of hydrogen-bond donors (Lipinski definition) is 0. The lowest BCUT2D eigenvalue weighted by Gasteiger charge is -2.34. The Bertz CT molecular complexity index is 2940. The maximum atomic E-state index is 3.14. The molecule has 9 rings (SSSR count). The van der Waals surface area contributed by atoms with Crippen LogP contribution in [0.5, 0.6) is 0 Å². The number of rotatable bonds is 8. The molecule has 3 atom stereocenters. The molecule has 4 aliphatic rings. The predicted octanol–water partition coefficient (Wildman–Crippen LogP) is 19.0. The number of hydrogen-bond acceptors (Lipinski definition) is 0. The fraction of sp³-hybridized carbons (Fsp3) is 0.313. The quantitative estimate of drug-likeness (QED) is 0.108. The highest BCUT2D eigenvalue weighted by molar-refractivity contribution is 5.93. The van der Waals surface area contributed by atoms with Crippen molar-refractivity contribution in [3.05, 3.63) is 218 Å². The molecule has 0 bridgehead atoms. The second-order valence-corrected chi connectivity index (χ2v) is 19.5. The molecule has 5 aromatic rings. The molecule has 0 amide bonds. The molecule has 0 fully saturated rings. The molecule has 3 unspecified atom stereocenters. The van der Waals surface area contributed by atoms with E-state index in [2.05, 4.69) is 228 Å². The Kier molecular flexibility index (Phi) is 15.4. The van der Waals surface area contributed by atoms with Crippen molar-refractivity contribution in [2.75, 3.05) is 0 Å². The monoisotopic (exact) mass is 879 g/mol. The molecule has 0 heteroatoms. The molecule has 0 heterocycles. The van der Waals surface area contributed by atoms with Crippen LogP contribution < -0.4 is 0 Å². The standard InChI is InChI=1S/C39H42.C26H26.C2H6/c1-7-29(4)39-37(20-15-21-38(39)36-19-14-13-16-31(36)6)34-25-23-30(5)35(27-34)26-28(3)22-24-32(8-2)33-17-11-9-10-12-18-33;1-15-10-11-21-23(14-15)26(4,5)22-13-12-20-19-9-7-6-8-18(19)16(2)17(3)24(20)25(21)22;1-2/h8,11,13-14,16-19,21-27,29H,7,9,15,20H2,1-6H3;6-14,16-17H,1-5H3;1-2H3/b24-22-,28-26+,32-8+;;. The second-order valence-electron chi connectivity index (χ2n) is 19.5. The topological polar surface area (TPSA) is 0 Å². The molecule has 0 radical (unpaired) electrons. The Morgan fingerprint density at radius 2 is 1.52 bits per heavy atom. The summed E-state index contributed by atoms with van der Waals surface area (Å²) in [5.74, 6) is 7.86. The molecule has 0 saturated heterocycles. The predicted molar refractivity (Wildman–Crippen MR) is 294 cm³/mol. The first-order valence-corrected chi connectivity index (χ1v) is 25.2. The van der Waals surface area contributed by atoms with Gasteiger partial charge in [0, 0.05) is 11.8 Å². The summed E-state index contributed by atoms with van der Waals surface area (Å²) in [6.45, 7) is 29.2. The van der Waals surface area contributed by atoms with Crippen LogP contribution in [-0.2, 0) is 5.41 Å². The van der Waals surface area contributed by atoms with Gasteiger partial charge in [-0.2, -0.15) is 0 Å². The smallest absolute Gasteiger partial charge is 0.0276 e. The third kappa shape index (κ3) is 9.81. The zero-order chi connectivity index (χ0) is 48.0. The molecule has 67 heavy (non-hydrogen) atoms. The van der Waals surface area contributed by atoms with Crippen LogP contribution in [0.1, 0.15) is 162 Å². The van der Waals surface area contributed by atoms with Crippen molar-refractivity contribution in [2.24, 2.45) is 5.92 Å². The van der Waals surface area contributed by atoms with E-state index in [0.717, 1.165) is 25.7 Å². The van der Waals surface area contributed by atoms with E-state index >= 15 is 0 Å². The highest BCUT2D eigenvalue weighted by Crippen LogP contribution is 2.57. The fourth-order valence-corrected chi connectivity index (χ4v) is 10.8. The molecule has 0 saturated carbocycles. The van der Waals surface area contributed by atoms with Crippen molar-refractivity contribution in [3.8, 4) is 34.1 Å². The zero-order valence-electron chi connectivity index (χ0n) is 42.9. The first kappa shape index (κ1) is 48.8. The lowest BCUT2D eigenvalue weighted by Crippen LogP contribution is -2.17. The van der Waals surface area contributed by atoms with E-state index in [1.807, 2.05) is 19.9 Å². The van der Waals surface area contributed by atoms with Crippen LogP contribution >= 0.6 is 0 Å². The Labute approximate surface area is 405 Å². The van der Waals surface area contributed by atoms with Crippen LogP contribution in [-0.4, -0.2) is 0 Å². The molecular weight excluding hydrogens is 805 g/mol. The van der Waals surface area contributed by atoms with Gasteiger partial charge in [0.1, 0.15) is 0 Å². The van der Waals surface area contributed by atoms with Crippen molar-refractivity contribution in [1.29, 1.82) is 0 Å². The zero-order valence-corrected chi connectivity index (χ0v) is 42.9. The molecule has 0 aromatic heterocycles. The maximum Gasteiger partial charge on any atom is 0.0276 e. The molecule has 0 N–H and O–H groups in total. The number of fused-ring (bicyclic) bond motifs is 7. The first-order chi connectivity index (χ1) is 32.3. The van der Waals surface area contributed by atoms with Gasteiger partial charge < -0.3 is 0 Å². The van der Waals surface area contributed by atoms with Crippen LogP contribution in [0.2, 0.25) is 0 Å². The maximum absolute atomic E-state index is 3.14. The van der Waals surface area contributed by atoms with E-state index < -0.39 is 0 Å². The third-order valence-electron chi connectivity index (χ3n) is 14.9.